The summed E-state index contributed by atoms with van der Waals surface area (Å²) < 4.78 is 50.0. The minimum absolute atomic E-state index is 0.0526. The first kappa shape index (κ1) is 31.2. The molecule has 1 amide bonds. The van der Waals surface area contributed by atoms with Crippen molar-refractivity contribution < 1.29 is 32.2 Å². The minimum atomic E-state index is -4.30. The molecule has 1 aliphatic carbocycles. The number of benzene rings is 1. The number of alkyl halides is 3. The molecule has 2 fully saturated rings. The van der Waals surface area contributed by atoms with Crippen LogP contribution >= 0.6 is 11.3 Å². The number of nitrogens with zero attached hydrogens (tertiary/aromatic N) is 3. The Morgan fingerprint density at radius 1 is 1.12 bits per heavy atom. The molecule has 2 aromatic heterocycles. The zero-order valence-electron chi connectivity index (χ0n) is 24.6. The third kappa shape index (κ3) is 8.44. The van der Waals surface area contributed by atoms with Gasteiger partial charge in [-0.1, -0.05) is 24.3 Å². The van der Waals surface area contributed by atoms with Gasteiger partial charge in [0, 0.05) is 41.4 Å². The van der Waals surface area contributed by atoms with Gasteiger partial charge in [0.2, 0.25) is 0 Å². The Kier molecular flexibility index (Phi) is 9.26. The quantitative estimate of drug-likeness (QED) is 0.254. The van der Waals surface area contributed by atoms with Gasteiger partial charge in [0.1, 0.15) is 22.6 Å². The number of ketones is 1. The average Bonchev–Trinajstić information content (AvgIpc) is 3.30. The van der Waals surface area contributed by atoms with E-state index in [4.69, 9.17) is 9.47 Å². The second kappa shape index (κ2) is 12.8. The number of nitrogens with one attached hydrogen (secondary N) is 1. The summed E-state index contributed by atoms with van der Waals surface area (Å²) in [4.78, 5) is 37.0. The lowest BCUT2D eigenvalue weighted by molar-refractivity contribution is -0.126. The van der Waals surface area contributed by atoms with Gasteiger partial charge in [-0.2, -0.15) is 13.2 Å². The van der Waals surface area contributed by atoms with E-state index < -0.39 is 24.3 Å². The van der Waals surface area contributed by atoms with Gasteiger partial charge >= 0.3 is 12.3 Å². The van der Waals surface area contributed by atoms with Gasteiger partial charge in [0.05, 0.1) is 25.0 Å². The molecule has 5 rings (SSSR count). The zero-order chi connectivity index (χ0) is 30.8. The van der Waals surface area contributed by atoms with Gasteiger partial charge in [-0.25, -0.2) is 14.8 Å². The van der Waals surface area contributed by atoms with Crippen LogP contribution in [-0.4, -0.2) is 63.8 Å². The molecule has 0 spiro atoms. The predicted molar refractivity (Wildman–Crippen MR) is 158 cm³/mol. The number of Topliss-reactive ketones (excluding diaryl/α,β-unsaturated/α-hetero) is 1. The van der Waals surface area contributed by atoms with Crippen LogP contribution in [0.15, 0.2) is 36.7 Å². The van der Waals surface area contributed by atoms with Gasteiger partial charge in [0.15, 0.2) is 5.78 Å². The highest BCUT2D eigenvalue weighted by molar-refractivity contribution is 7.18. The van der Waals surface area contributed by atoms with Crippen LogP contribution in [0.3, 0.4) is 0 Å². The number of aromatic nitrogens is 2. The maximum absolute atomic E-state index is 13.5. The first-order valence-corrected chi connectivity index (χ1v) is 15.4. The maximum atomic E-state index is 13.5. The average molecular weight is 619 g/mol. The second-order valence-corrected chi connectivity index (χ2v) is 13.6. The normalized spacial score (nSPS) is 19.6. The molecular weight excluding hydrogens is 581 g/mol. The molecule has 0 bridgehead atoms. The largest absolute Gasteiger partial charge is 0.444 e. The van der Waals surface area contributed by atoms with Gasteiger partial charge in [0.25, 0.3) is 0 Å². The van der Waals surface area contributed by atoms with Crippen LogP contribution in [0, 0.1) is 5.92 Å². The van der Waals surface area contributed by atoms with Crippen molar-refractivity contribution in [1.82, 2.24) is 14.9 Å². The summed E-state index contributed by atoms with van der Waals surface area (Å²) in [6, 6.07) is 8.70. The Hall–Kier alpha value is -3.25. The third-order valence-electron chi connectivity index (χ3n) is 7.62. The predicted octanol–water partition coefficient (Wildman–Crippen LogP) is 7.18. The van der Waals surface area contributed by atoms with Crippen LogP contribution in [0.4, 0.5) is 23.8 Å². The second-order valence-electron chi connectivity index (χ2n) is 12.4. The summed E-state index contributed by atoms with van der Waals surface area (Å²) >= 11 is 1.02. The Balaban J connectivity index is 1.30. The summed E-state index contributed by atoms with van der Waals surface area (Å²) in [7, 11) is 0. The molecule has 2 atom stereocenters. The molecule has 1 aromatic carbocycles. The number of carbonyl (C=O) groups excluding carboxylic acids is 2. The van der Waals surface area contributed by atoms with Crippen molar-refractivity contribution in [2.24, 2.45) is 5.92 Å². The molecular formula is C31H37F3N4O4S. The van der Waals surface area contributed by atoms with Gasteiger partial charge in [-0.3, -0.25) is 4.79 Å². The van der Waals surface area contributed by atoms with E-state index >= 15 is 0 Å². The summed E-state index contributed by atoms with van der Waals surface area (Å²) in [5, 5.41) is 4.00. The van der Waals surface area contributed by atoms with Crippen LogP contribution in [0.2, 0.25) is 0 Å². The standard InChI is InChI=1S/C31H37F3N4O4S/c1-30(2,3)42-29(40)38(15-19-7-9-21(10-8-19)26(39)11-20-16-41-17-20)23-6-4-5-22(12-23)37-27-25-13-24(14-31(32,33)34)43-28(25)36-18-35-27/h7-10,13,18,20,22-23H,4-6,11-12,14-17H2,1-3H3,(H,35,36,37)/t22-,23+/m1/s1. The lowest BCUT2D eigenvalue weighted by Crippen LogP contribution is -2.46. The first-order chi connectivity index (χ1) is 20.3. The number of amides is 1. The van der Waals surface area contributed by atoms with E-state index in [9.17, 15) is 22.8 Å². The molecule has 232 valence electrons. The number of ether oxygens (including phenoxy) is 2. The fourth-order valence-electron chi connectivity index (χ4n) is 5.52. The highest BCUT2D eigenvalue weighted by Crippen LogP contribution is 2.34. The van der Waals surface area contributed by atoms with Crippen molar-refractivity contribution in [3.63, 3.8) is 0 Å². The lowest BCUT2D eigenvalue weighted by Gasteiger charge is -2.38. The molecule has 3 heterocycles. The van der Waals surface area contributed by atoms with Crippen LogP contribution in [0.5, 0.6) is 0 Å². The SMILES string of the molecule is CC(C)(C)OC(=O)N(Cc1ccc(C(=O)CC2COC2)cc1)[C@H]1CCC[C@@H](Nc2ncnc3sc(CC(F)(F)F)cc23)C1. The van der Waals surface area contributed by atoms with Crippen LogP contribution in [0.1, 0.15) is 73.7 Å². The Bertz CT molecular complexity index is 1430. The fourth-order valence-corrected chi connectivity index (χ4v) is 6.54. The van der Waals surface area contributed by atoms with Crippen molar-refractivity contribution in [2.75, 3.05) is 18.5 Å². The molecule has 1 aliphatic heterocycles. The molecule has 0 radical (unpaired) electrons. The third-order valence-corrected chi connectivity index (χ3v) is 8.66. The lowest BCUT2D eigenvalue weighted by atomic mass is 9.89. The van der Waals surface area contributed by atoms with Crippen LogP contribution < -0.4 is 5.32 Å². The number of halogens is 3. The van der Waals surface area contributed by atoms with Crippen LogP contribution in [-0.2, 0) is 22.4 Å². The molecule has 1 N–H and O–H groups in total. The summed E-state index contributed by atoms with van der Waals surface area (Å²) in [6.45, 7) is 7.06. The molecule has 1 saturated heterocycles. The van der Waals surface area contributed by atoms with Gasteiger partial charge < -0.3 is 19.7 Å². The molecule has 1 saturated carbocycles. The topological polar surface area (TPSA) is 93.7 Å². The van der Waals surface area contributed by atoms with E-state index in [1.165, 1.54) is 12.4 Å². The first-order valence-electron chi connectivity index (χ1n) is 14.6. The van der Waals surface area contributed by atoms with E-state index in [2.05, 4.69) is 15.3 Å². The Labute approximate surface area is 253 Å². The molecule has 8 nitrogen and oxygen atoms in total. The highest BCUT2D eigenvalue weighted by Gasteiger charge is 2.34. The zero-order valence-corrected chi connectivity index (χ0v) is 25.4. The van der Waals surface area contributed by atoms with Crippen molar-refractivity contribution in [3.8, 4) is 0 Å². The minimum Gasteiger partial charge on any atom is -0.444 e. The van der Waals surface area contributed by atoms with Crippen molar-refractivity contribution in [1.29, 1.82) is 0 Å². The number of rotatable bonds is 9. The van der Waals surface area contributed by atoms with Crippen molar-refractivity contribution >= 4 is 39.2 Å². The monoisotopic (exact) mass is 618 g/mol. The van der Waals surface area contributed by atoms with E-state index in [-0.39, 0.29) is 28.7 Å². The number of hydrogen-bond acceptors (Lipinski definition) is 8. The number of anilines is 1. The van der Waals surface area contributed by atoms with Gasteiger partial charge in [-0.05, 0) is 58.1 Å². The number of fused-ring (bicyclic) bond motifs is 1. The van der Waals surface area contributed by atoms with E-state index in [0.29, 0.717) is 54.2 Å². The van der Waals surface area contributed by atoms with Gasteiger partial charge in [-0.15, -0.1) is 11.3 Å². The molecule has 2 aliphatic rings. The molecule has 12 heteroatoms. The summed E-state index contributed by atoms with van der Waals surface area (Å²) in [5.41, 5.74) is 0.852. The van der Waals surface area contributed by atoms with Crippen molar-refractivity contribution in [3.05, 3.63) is 52.7 Å². The smallest absolute Gasteiger partial charge is 0.410 e. The number of hydrogen-bond donors (Lipinski definition) is 1. The molecule has 3 aromatic rings. The van der Waals surface area contributed by atoms with Crippen molar-refractivity contribution in [2.45, 2.75) is 89.7 Å². The Morgan fingerprint density at radius 2 is 1.86 bits per heavy atom. The highest BCUT2D eigenvalue weighted by atomic mass is 32.1. The molecule has 0 unspecified atom stereocenters. The summed E-state index contributed by atoms with van der Waals surface area (Å²) in [5.74, 6) is 0.862. The van der Waals surface area contributed by atoms with E-state index in [1.807, 2.05) is 45.0 Å². The Morgan fingerprint density at radius 3 is 2.51 bits per heavy atom. The fraction of sp³-hybridized carbons (Fsp3) is 0.548. The van der Waals surface area contributed by atoms with E-state index in [0.717, 1.165) is 36.2 Å². The summed E-state index contributed by atoms with van der Waals surface area (Å²) in [6.07, 6.45) is -0.825. The molecule has 43 heavy (non-hydrogen) atoms. The maximum Gasteiger partial charge on any atom is 0.410 e. The number of thiophene rings is 1. The van der Waals surface area contributed by atoms with E-state index in [1.54, 1.807) is 4.90 Å². The number of carbonyl (C=O) groups is 2. The van der Waals surface area contributed by atoms with Crippen LogP contribution in [0.25, 0.3) is 10.2 Å².